The van der Waals surface area contributed by atoms with E-state index in [1.165, 1.54) is 0 Å². The van der Waals surface area contributed by atoms with Gasteiger partial charge in [0, 0.05) is 57.4 Å². The van der Waals surface area contributed by atoms with Crippen LogP contribution < -0.4 is 5.32 Å². The van der Waals surface area contributed by atoms with E-state index in [-0.39, 0.29) is 23.8 Å². The summed E-state index contributed by atoms with van der Waals surface area (Å²) < 4.78 is 0. The predicted octanol–water partition coefficient (Wildman–Crippen LogP) is 0.424. The zero-order valence-electron chi connectivity index (χ0n) is 18.3. The molecule has 2 amide bonds. The molecule has 0 atom stereocenters. The number of carboxylic acid groups (broad SMARTS) is 1. The number of rotatable bonds is 8. The number of hydrogen-bond donors (Lipinski definition) is 2. The topological polar surface area (TPSA) is 119 Å². The lowest BCUT2D eigenvalue weighted by Gasteiger charge is -2.35. The highest BCUT2D eigenvalue weighted by atomic mass is 16.4. The van der Waals surface area contributed by atoms with Crippen LogP contribution in [0.5, 0.6) is 0 Å². The summed E-state index contributed by atoms with van der Waals surface area (Å²) in [5.74, 6) is -1.71. The fourth-order valence-corrected chi connectivity index (χ4v) is 3.34. The summed E-state index contributed by atoms with van der Waals surface area (Å²) in [7, 11) is 4.11. The van der Waals surface area contributed by atoms with Crippen LogP contribution in [0.1, 0.15) is 36.9 Å². The normalized spacial score (nSPS) is 14.4. The van der Waals surface area contributed by atoms with E-state index in [4.69, 9.17) is 5.11 Å². The number of nitrogens with zero attached hydrogens (tertiary/aromatic N) is 5. The van der Waals surface area contributed by atoms with E-state index in [0.29, 0.717) is 18.7 Å². The summed E-state index contributed by atoms with van der Waals surface area (Å²) in [4.78, 5) is 49.8. The molecule has 3 rings (SSSR count). The Morgan fingerprint density at radius 2 is 1.69 bits per heavy atom. The Bertz CT molecular complexity index is 955. The van der Waals surface area contributed by atoms with Gasteiger partial charge < -0.3 is 20.2 Å². The van der Waals surface area contributed by atoms with Gasteiger partial charge in [-0.2, -0.15) is 0 Å². The van der Waals surface area contributed by atoms with Crippen molar-refractivity contribution in [2.75, 3.05) is 53.4 Å². The van der Waals surface area contributed by atoms with Gasteiger partial charge in [-0.05, 0) is 31.8 Å². The fourth-order valence-electron chi connectivity index (χ4n) is 3.34. The van der Waals surface area contributed by atoms with Gasteiger partial charge in [0.15, 0.2) is 5.69 Å². The van der Waals surface area contributed by atoms with Crippen molar-refractivity contribution in [2.24, 2.45) is 0 Å². The Hall–Kier alpha value is -3.37. The number of nitrogens with one attached hydrogen (secondary N) is 1. The van der Waals surface area contributed by atoms with Crippen molar-refractivity contribution in [1.82, 2.24) is 30.0 Å². The third kappa shape index (κ3) is 6.32. The van der Waals surface area contributed by atoms with Gasteiger partial charge >= 0.3 is 5.97 Å². The first kappa shape index (κ1) is 23.3. The molecular weight excluding hydrogens is 412 g/mol. The average molecular weight is 441 g/mol. The third-order valence-electron chi connectivity index (χ3n) is 5.30. The molecule has 1 aliphatic rings. The van der Waals surface area contributed by atoms with Crippen molar-refractivity contribution >= 4 is 17.8 Å². The number of amides is 2. The van der Waals surface area contributed by atoms with E-state index in [9.17, 15) is 14.4 Å². The molecule has 10 heteroatoms. The Labute approximate surface area is 186 Å². The van der Waals surface area contributed by atoms with Crippen molar-refractivity contribution in [3.8, 4) is 0 Å². The average Bonchev–Trinajstić information content (AvgIpc) is 2.81. The molecule has 2 aromatic rings. The quantitative estimate of drug-likeness (QED) is 0.606. The molecule has 2 N–H and O–H groups in total. The molecule has 0 spiro atoms. The van der Waals surface area contributed by atoms with Gasteiger partial charge in [-0.25, -0.2) is 14.8 Å². The molecule has 0 radical (unpaired) electrons. The van der Waals surface area contributed by atoms with Gasteiger partial charge in [0.05, 0.1) is 0 Å². The molecule has 1 aliphatic heterocycles. The third-order valence-corrected chi connectivity index (χ3v) is 5.30. The second kappa shape index (κ2) is 10.8. The first-order valence-corrected chi connectivity index (χ1v) is 10.4. The monoisotopic (exact) mass is 440 g/mol. The standard InChI is InChI=1S/C22H28N6O4/c1-26(2)7-8-27-9-11-28(12-10-27)21(30)17-5-3-16(4-6-17)14-23-20(29)18-13-19(22(31)32)25-15-24-18/h3-6,13,15H,7-12,14H2,1-2H3,(H,23,29)(H,31,32). The van der Waals surface area contributed by atoms with Crippen LogP contribution in [0.25, 0.3) is 0 Å². The van der Waals surface area contributed by atoms with E-state index < -0.39 is 11.9 Å². The lowest BCUT2D eigenvalue weighted by Crippen LogP contribution is -2.49. The van der Waals surface area contributed by atoms with Crippen molar-refractivity contribution in [3.63, 3.8) is 0 Å². The molecule has 1 aromatic heterocycles. The van der Waals surface area contributed by atoms with Crippen LogP contribution in [0.15, 0.2) is 36.7 Å². The Morgan fingerprint density at radius 1 is 1.03 bits per heavy atom. The summed E-state index contributed by atoms with van der Waals surface area (Å²) in [5.41, 5.74) is 1.17. The Kier molecular flexibility index (Phi) is 7.85. The molecule has 1 aromatic carbocycles. The summed E-state index contributed by atoms with van der Waals surface area (Å²) in [6.07, 6.45) is 1.04. The van der Waals surface area contributed by atoms with Gasteiger partial charge in [-0.1, -0.05) is 12.1 Å². The minimum absolute atomic E-state index is 0.00929. The molecule has 10 nitrogen and oxygen atoms in total. The molecule has 170 valence electrons. The van der Waals surface area contributed by atoms with Crippen LogP contribution in [0.2, 0.25) is 0 Å². The van der Waals surface area contributed by atoms with Gasteiger partial charge in [0.2, 0.25) is 0 Å². The smallest absolute Gasteiger partial charge is 0.354 e. The Balaban J connectivity index is 1.49. The van der Waals surface area contributed by atoms with Crippen molar-refractivity contribution in [1.29, 1.82) is 0 Å². The summed E-state index contributed by atoms with van der Waals surface area (Å²) in [6.45, 7) is 5.39. The molecule has 32 heavy (non-hydrogen) atoms. The molecule has 1 fully saturated rings. The van der Waals surface area contributed by atoms with Crippen molar-refractivity contribution in [3.05, 3.63) is 59.2 Å². The van der Waals surface area contributed by atoms with Crippen molar-refractivity contribution < 1.29 is 19.5 Å². The molecule has 1 saturated heterocycles. The zero-order chi connectivity index (χ0) is 23.1. The van der Waals surface area contributed by atoms with E-state index in [1.807, 2.05) is 4.90 Å². The number of carbonyl (C=O) groups excluding carboxylic acids is 2. The number of aromatic carboxylic acids is 1. The highest BCUT2D eigenvalue weighted by Crippen LogP contribution is 2.11. The molecule has 0 unspecified atom stereocenters. The minimum atomic E-state index is -1.23. The molecular formula is C22H28N6O4. The van der Waals surface area contributed by atoms with Crippen LogP contribution in [0.3, 0.4) is 0 Å². The summed E-state index contributed by atoms with van der Waals surface area (Å²) in [5, 5.41) is 11.7. The summed E-state index contributed by atoms with van der Waals surface area (Å²) >= 11 is 0. The number of aromatic nitrogens is 2. The lowest BCUT2D eigenvalue weighted by molar-refractivity contribution is 0.0628. The second-order valence-electron chi connectivity index (χ2n) is 7.91. The van der Waals surface area contributed by atoms with Gasteiger partial charge in [0.25, 0.3) is 11.8 Å². The van der Waals surface area contributed by atoms with Gasteiger partial charge in [-0.3, -0.25) is 14.5 Å². The highest BCUT2D eigenvalue weighted by Gasteiger charge is 2.22. The Morgan fingerprint density at radius 3 is 2.31 bits per heavy atom. The largest absolute Gasteiger partial charge is 0.477 e. The lowest BCUT2D eigenvalue weighted by atomic mass is 10.1. The van der Waals surface area contributed by atoms with Gasteiger partial charge in [0.1, 0.15) is 12.0 Å². The molecule has 0 aliphatic carbocycles. The maximum Gasteiger partial charge on any atom is 0.354 e. The van der Waals surface area contributed by atoms with Crippen molar-refractivity contribution in [2.45, 2.75) is 6.54 Å². The predicted molar refractivity (Wildman–Crippen MR) is 118 cm³/mol. The summed E-state index contributed by atoms with van der Waals surface area (Å²) in [6, 6.07) is 8.23. The number of benzene rings is 1. The number of carboxylic acids is 1. The van der Waals surface area contributed by atoms with Crippen LogP contribution in [-0.2, 0) is 6.54 Å². The zero-order valence-corrected chi connectivity index (χ0v) is 18.3. The van der Waals surface area contributed by atoms with E-state index in [2.05, 4.69) is 39.2 Å². The van der Waals surface area contributed by atoms with Crippen LogP contribution >= 0.6 is 0 Å². The SMILES string of the molecule is CN(C)CCN1CCN(C(=O)c2ccc(CNC(=O)c3cc(C(=O)O)ncn3)cc2)CC1. The molecule has 0 bridgehead atoms. The van der Waals surface area contributed by atoms with Crippen LogP contribution in [0, 0.1) is 0 Å². The second-order valence-corrected chi connectivity index (χ2v) is 7.91. The molecule has 0 saturated carbocycles. The van der Waals surface area contributed by atoms with Gasteiger partial charge in [-0.15, -0.1) is 0 Å². The number of carbonyl (C=O) groups is 3. The minimum Gasteiger partial charge on any atom is -0.477 e. The molecule has 2 heterocycles. The fraction of sp³-hybridized carbons (Fsp3) is 0.409. The number of piperazine rings is 1. The highest BCUT2D eigenvalue weighted by molar-refractivity contribution is 5.95. The van der Waals surface area contributed by atoms with E-state index in [0.717, 1.165) is 44.1 Å². The first-order valence-electron chi connectivity index (χ1n) is 10.4. The maximum absolute atomic E-state index is 12.8. The maximum atomic E-state index is 12.8. The van der Waals surface area contributed by atoms with Crippen LogP contribution in [0.4, 0.5) is 0 Å². The number of likely N-dealkylation sites (N-methyl/N-ethyl adjacent to an activating group) is 1. The van der Waals surface area contributed by atoms with E-state index in [1.54, 1.807) is 24.3 Å². The van der Waals surface area contributed by atoms with Crippen LogP contribution in [-0.4, -0.2) is 101 Å². The number of hydrogen-bond acceptors (Lipinski definition) is 7. The first-order chi connectivity index (χ1) is 15.3. The van der Waals surface area contributed by atoms with E-state index >= 15 is 0 Å².